The standard InChI is InChI=1S/C9H13F3O3/c1-15-8(14)5-2-6(9(10,11)12)4-7(13)3-5/h5-7,13H,2-4H2,1H3/t5-,6+,7+/m0/s1. The topological polar surface area (TPSA) is 46.5 Å². The molecule has 0 aromatic heterocycles. The second-order valence-electron chi connectivity index (χ2n) is 3.82. The van der Waals surface area contributed by atoms with Crippen LogP contribution in [0.2, 0.25) is 0 Å². The van der Waals surface area contributed by atoms with Crippen molar-refractivity contribution in [3.05, 3.63) is 0 Å². The molecule has 1 rings (SSSR count). The van der Waals surface area contributed by atoms with E-state index in [0.717, 1.165) is 7.11 Å². The molecule has 0 bridgehead atoms. The predicted octanol–water partition coefficient (Wildman–Crippen LogP) is 1.50. The van der Waals surface area contributed by atoms with E-state index in [0.29, 0.717) is 0 Å². The molecule has 1 fully saturated rings. The molecule has 0 saturated heterocycles. The summed E-state index contributed by atoms with van der Waals surface area (Å²) < 4.78 is 41.6. The second kappa shape index (κ2) is 4.38. The molecule has 0 unspecified atom stereocenters. The third-order valence-corrected chi connectivity index (χ3v) is 2.68. The Morgan fingerprint density at radius 3 is 2.40 bits per heavy atom. The van der Waals surface area contributed by atoms with Crippen LogP contribution in [-0.4, -0.2) is 30.5 Å². The van der Waals surface area contributed by atoms with Crippen molar-refractivity contribution in [2.75, 3.05) is 7.11 Å². The maximum absolute atomic E-state index is 12.4. The first-order valence-electron chi connectivity index (χ1n) is 4.67. The lowest BCUT2D eigenvalue weighted by Gasteiger charge is -2.32. The van der Waals surface area contributed by atoms with Crippen molar-refractivity contribution < 1.29 is 27.8 Å². The molecule has 88 valence electrons. The third kappa shape index (κ3) is 3.09. The minimum atomic E-state index is -4.35. The summed E-state index contributed by atoms with van der Waals surface area (Å²) in [6.07, 6.45) is -5.98. The summed E-state index contributed by atoms with van der Waals surface area (Å²) in [5.41, 5.74) is 0. The summed E-state index contributed by atoms with van der Waals surface area (Å²) in [6, 6.07) is 0. The van der Waals surface area contributed by atoms with Gasteiger partial charge in [-0.05, 0) is 19.3 Å². The fourth-order valence-electron chi connectivity index (χ4n) is 1.92. The molecule has 0 aromatic carbocycles. The second-order valence-corrected chi connectivity index (χ2v) is 3.82. The van der Waals surface area contributed by atoms with Crippen molar-refractivity contribution in [3.63, 3.8) is 0 Å². The number of alkyl halides is 3. The van der Waals surface area contributed by atoms with Gasteiger partial charge in [-0.15, -0.1) is 0 Å². The molecular formula is C9H13F3O3. The molecule has 1 aliphatic carbocycles. The van der Waals surface area contributed by atoms with E-state index in [-0.39, 0.29) is 19.3 Å². The highest BCUT2D eigenvalue weighted by Crippen LogP contribution is 2.40. The lowest BCUT2D eigenvalue weighted by molar-refractivity contribution is -0.197. The monoisotopic (exact) mass is 226 g/mol. The van der Waals surface area contributed by atoms with Crippen molar-refractivity contribution in [1.82, 2.24) is 0 Å². The van der Waals surface area contributed by atoms with E-state index in [2.05, 4.69) is 4.74 Å². The molecule has 0 spiro atoms. The Morgan fingerprint density at radius 1 is 1.33 bits per heavy atom. The lowest BCUT2D eigenvalue weighted by Crippen LogP contribution is -2.38. The fourth-order valence-corrected chi connectivity index (χ4v) is 1.92. The molecule has 3 nitrogen and oxygen atoms in total. The molecule has 0 heterocycles. The minimum absolute atomic E-state index is 0.0548. The van der Waals surface area contributed by atoms with Crippen molar-refractivity contribution in [1.29, 1.82) is 0 Å². The molecule has 1 aliphatic rings. The van der Waals surface area contributed by atoms with Crippen LogP contribution >= 0.6 is 0 Å². The van der Waals surface area contributed by atoms with Crippen LogP contribution in [-0.2, 0) is 9.53 Å². The Balaban J connectivity index is 2.68. The Labute approximate surface area is 85.2 Å². The van der Waals surface area contributed by atoms with E-state index in [1.807, 2.05) is 0 Å². The summed E-state index contributed by atoms with van der Waals surface area (Å²) in [7, 11) is 1.13. The largest absolute Gasteiger partial charge is 0.469 e. The van der Waals surface area contributed by atoms with Gasteiger partial charge in [-0.3, -0.25) is 4.79 Å². The molecule has 15 heavy (non-hydrogen) atoms. The molecule has 1 N–H and O–H groups in total. The molecule has 3 atom stereocenters. The molecule has 0 radical (unpaired) electrons. The summed E-state index contributed by atoms with van der Waals surface area (Å²) in [5.74, 6) is -3.13. The van der Waals surface area contributed by atoms with Crippen LogP contribution in [0.25, 0.3) is 0 Å². The minimum Gasteiger partial charge on any atom is -0.469 e. The van der Waals surface area contributed by atoms with Crippen LogP contribution in [0.1, 0.15) is 19.3 Å². The molecule has 0 aliphatic heterocycles. The first kappa shape index (κ1) is 12.3. The van der Waals surface area contributed by atoms with Gasteiger partial charge < -0.3 is 9.84 Å². The predicted molar refractivity (Wildman–Crippen MR) is 44.9 cm³/mol. The number of halogens is 3. The van der Waals surface area contributed by atoms with Crippen LogP contribution < -0.4 is 0 Å². The number of hydrogen-bond donors (Lipinski definition) is 1. The fraction of sp³-hybridized carbons (Fsp3) is 0.889. The zero-order valence-corrected chi connectivity index (χ0v) is 8.25. The van der Waals surface area contributed by atoms with E-state index >= 15 is 0 Å². The first-order valence-corrected chi connectivity index (χ1v) is 4.67. The summed E-state index contributed by atoms with van der Waals surface area (Å²) in [6.45, 7) is 0. The highest BCUT2D eigenvalue weighted by molar-refractivity contribution is 5.72. The number of esters is 1. The van der Waals surface area contributed by atoms with Crippen LogP contribution in [0.15, 0.2) is 0 Å². The van der Waals surface area contributed by atoms with Gasteiger partial charge in [-0.1, -0.05) is 0 Å². The lowest BCUT2D eigenvalue weighted by atomic mass is 9.79. The number of ether oxygens (including phenoxy) is 1. The van der Waals surface area contributed by atoms with Gasteiger partial charge >= 0.3 is 12.1 Å². The van der Waals surface area contributed by atoms with Crippen molar-refractivity contribution in [2.45, 2.75) is 31.5 Å². The average molecular weight is 226 g/mol. The maximum Gasteiger partial charge on any atom is 0.391 e. The molecular weight excluding hydrogens is 213 g/mol. The van der Waals surface area contributed by atoms with E-state index < -0.39 is 30.1 Å². The van der Waals surface area contributed by atoms with E-state index in [1.54, 1.807) is 0 Å². The number of rotatable bonds is 1. The number of aliphatic hydroxyl groups is 1. The molecule has 0 amide bonds. The summed E-state index contributed by atoms with van der Waals surface area (Å²) in [4.78, 5) is 11.1. The third-order valence-electron chi connectivity index (χ3n) is 2.68. The van der Waals surface area contributed by atoms with Gasteiger partial charge in [0, 0.05) is 0 Å². The Morgan fingerprint density at radius 2 is 1.93 bits per heavy atom. The van der Waals surface area contributed by atoms with Crippen molar-refractivity contribution in [3.8, 4) is 0 Å². The number of carbonyl (C=O) groups is 1. The molecule has 1 saturated carbocycles. The number of aliphatic hydroxyl groups excluding tert-OH is 1. The SMILES string of the molecule is COC(=O)[C@@H]1C[C@@H](O)C[C@H](C(F)(F)F)C1. The Hall–Kier alpha value is -0.780. The van der Waals surface area contributed by atoms with Crippen molar-refractivity contribution in [2.24, 2.45) is 11.8 Å². The van der Waals surface area contributed by atoms with Gasteiger partial charge in [-0.2, -0.15) is 13.2 Å². The van der Waals surface area contributed by atoms with Crippen LogP contribution in [0.5, 0.6) is 0 Å². The van der Waals surface area contributed by atoms with Gasteiger partial charge in [-0.25, -0.2) is 0 Å². The molecule has 0 aromatic rings. The highest BCUT2D eigenvalue weighted by Gasteiger charge is 2.46. The van der Waals surface area contributed by atoms with E-state index in [9.17, 15) is 23.1 Å². The van der Waals surface area contributed by atoms with E-state index in [4.69, 9.17) is 0 Å². The van der Waals surface area contributed by atoms with Crippen molar-refractivity contribution >= 4 is 5.97 Å². The van der Waals surface area contributed by atoms with Gasteiger partial charge in [0.05, 0.1) is 25.0 Å². The zero-order valence-electron chi connectivity index (χ0n) is 8.25. The summed E-state index contributed by atoms with van der Waals surface area (Å²) >= 11 is 0. The first-order chi connectivity index (χ1) is 6.84. The maximum atomic E-state index is 12.4. The summed E-state index contributed by atoms with van der Waals surface area (Å²) in [5, 5.41) is 9.25. The van der Waals surface area contributed by atoms with Crippen LogP contribution in [0.4, 0.5) is 13.2 Å². The Bertz CT molecular complexity index is 239. The van der Waals surface area contributed by atoms with Gasteiger partial charge in [0.1, 0.15) is 0 Å². The van der Waals surface area contributed by atoms with Gasteiger partial charge in [0.2, 0.25) is 0 Å². The number of carbonyl (C=O) groups excluding carboxylic acids is 1. The average Bonchev–Trinajstić information content (AvgIpc) is 2.14. The van der Waals surface area contributed by atoms with Gasteiger partial charge in [0.15, 0.2) is 0 Å². The molecule has 6 heteroatoms. The normalized spacial score (nSPS) is 32.5. The highest BCUT2D eigenvalue weighted by atomic mass is 19.4. The zero-order chi connectivity index (χ0) is 11.6. The van der Waals surface area contributed by atoms with Crippen LogP contribution in [0.3, 0.4) is 0 Å². The van der Waals surface area contributed by atoms with E-state index in [1.165, 1.54) is 0 Å². The number of methoxy groups -OCH3 is 1. The Kier molecular flexibility index (Phi) is 3.59. The van der Waals surface area contributed by atoms with Gasteiger partial charge in [0.25, 0.3) is 0 Å². The van der Waals surface area contributed by atoms with Crippen LogP contribution in [0, 0.1) is 11.8 Å². The smallest absolute Gasteiger partial charge is 0.391 e. The number of hydrogen-bond acceptors (Lipinski definition) is 3. The quantitative estimate of drug-likeness (QED) is 0.689.